The Bertz CT molecular complexity index is 1170. The molecule has 0 radical (unpaired) electrons. The maximum absolute atomic E-state index is 13.9. The summed E-state index contributed by atoms with van der Waals surface area (Å²) in [5.41, 5.74) is 2.34. The lowest BCUT2D eigenvalue weighted by Crippen LogP contribution is -2.11. The highest BCUT2D eigenvalue weighted by molar-refractivity contribution is 7.14. The Hall–Kier alpha value is -3.59. The number of hydrogen-bond acceptors (Lipinski definition) is 7. The van der Waals surface area contributed by atoms with Crippen molar-refractivity contribution in [1.29, 1.82) is 0 Å². The summed E-state index contributed by atoms with van der Waals surface area (Å²) in [4.78, 5) is 21.0. The van der Waals surface area contributed by atoms with Crippen LogP contribution in [0.2, 0.25) is 0 Å². The Morgan fingerprint density at radius 1 is 1.14 bits per heavy atom. The third-order valence-corrected chi connectivity index (χ3v) is 4.85. The third-order valence-electron chi connectivity index (χ3n) is 4.09. The van der Waals surface area contributed by atoms with Crippen LogP contribution in [0.4, 0.5) is 9.52 Å². The predicted octanol–water partition coefficient (Wildman–Crippen LogP) is 4.57. The Kier molecular flexibility index (Phi) is 5.05. The van der Waals surface area contributed by atoms with Crippen LogP contribution in [0.5, 0.6) is 5.75 Å². The molecule has 0 saturated heterocycles. The molecule has 4 aromatic rings. The molecule has 0 aliphatic rings. The van der Waals surface area contributed by atoms with E-state index in [9.17, 15) is 9.18 Å². The second-order valence-electron chi connectivity index (χ2n) is 6.07. The van der Waals surface area contributed by atoms with Gasteiger partial charge in [0.05, 0.1) is 12.8 Å². The van der Waals surface area contributed by atoms with Gasteiger partial charge < -0.3 is 9.26 Å². The van der Waals surface area contributed by atoms with Gasteiger partial charge in [-0.2, -0.15) is 4.98 Å². The molecule has 0 atom stereocenters. The van der Waals surface area contributed by atoms with Crippen molar-refractivity contribution >= 4 is 22.4 Å². The molecule has 2 aromatic heterocycles. The minimum atomic E-state index is -0.472. The molecule has 2 heterocycles. The quantitative estimate of drug-likeness (QED) is 0.518. The number of aryl methyl sites for hydroxylation is 1. The summed E-state index contributed by atoms with van der Waals surface area (Å²) in [5, 5.41) is 8.66. The molecule has 4 rings (SSSR count). The first kappa shape index (κ1) is 18.8. The van der Waals surface area contributed by atoms with Crippen LogP contribution in [0, 0.1) is 12.7 Å². The summed E-state index contributed by atoms with van der Waals surface area (Å²) in [6.45, 7) is 1.73. The normalized spacial score (nSPS) is 10.7. The van der Waals surface area contributed by atoms with E-state index in [0.29, 0.717) is 33.7 Å². The molecule has 1 amide bonds. The van der Waals surface area contributed by atoms with E-state index in [4.69, 9.17) is 9.26 Å². The standard InChI is InChI=1S/C20H15FN4O3S/c1-11-22-19(28-25-11)13-5-3-12(4-6-13)18(26)24-20-23-16(10-29-20)14-7-8-17(27-2)15(21)9-14/h3-10H,1-2H3,(H,23,24,26). The van der Waals surface area contributed by atoms with Gasteiger partial charge in [-0.25, -0.2) is 9.37 Å². The zero-order chi connectivity index (χ0) is 20.4. The van der Waals surface area contributed by atoms with E-state index in [1.54, 1.807) is 42.6 Å². The highest BCUT2D eigenvalue weighted by Gasteiger charge is 2.13. The smallest absolute Gasteiger partial charge is 0.257 e. The van der Waals surface area contributed by atoms with Crippen LogP contribution in [0.25, 0.3) is 22.7 Å². The van der Waals surface area contributed by atoms with E-state index in [2.05, 4.69) is 20.4 Å². The van der Waals surface area contributed by atoms with Crippen molar-refractivity contribution in [2.24, 2.45) is 0 Å². The van der Waals surface area contributed by atoms with Crippen molar-refractivity contribution in [3.63, 3.8) is 0 Å². The predicted molar refractivity (Wildman–Crippen MR) is 106 cm³/mol. The lowest BCUT2D eigenvalue weighted by molar-refractivity contribution is 0.102. The van der Waals surface area contributed by atoms with Crippen LogP contribution < -0.4 is 10.1 Å². The number of halogens is 1. The van der Waals surface area contributed by atoms with Gasteiger partial charge in [0.2, 0.25) is 0 Å². The van der Waals surface area contributed by atoms with Gasteiger partial charge >= 0.3 is 0 Å². The second kappa shape index (κ2) is 7.80. The SMILES string of the molecule is COc1ccc(-c2csc(NC(=O)c3ccc(-c4nc(C)no4)cc3)n2)cc1F. The topological polar surface area (TPSA) is 90.1 Å². The van der Waals surface area contributed by atoms with Gasteiger partial charge in [-0.15, -0.1) is 11.3 Å². The van der Waals surface area contributed by atoms with Gasteiger partial charge in [-0.3, -0.25) is 10.1 Å². The second-order valence-corrected chi connectivity index (χ2v) is 6.92. The Morgan fingerprint density at radius 2 is 1.90 bits per heavy atom. The lowest BCUT2D eigenvalue weighted by atomic mass is 10.1. The highest BCUT2D eigenvalue weighted by Crippen LogP contribution is 2.28. The van der Waals surface area contributed by atoms with Gasteiger partial charge in [-0.05, 0) is 49.4 Å². The summed E-state index contributed by atoms with van der Waals surface area (Å²) in [5.74, 6) is 0.320. The number of rotatable bonds is 5. The van der Waals surface area contributed by atoms with Gasteiger partial charge in [0.15, 0.2) is 22.5 Å². The number of hydrogen-bond donors (Lipinski definition) is 1. The Morgan fingerprint density at radius 3 is 2.55 bits per heavy atom. The maximum Gasteiger partial charge on any atom is 0.257 e. The number of ether oxygens (including phenoxy) is 1. The number of nitrogens with one attached hydrogen (secondary N) is 1. The van der Waals surface area contributed by atoms with Crippen LogP contribution >= 0.6 is 11.3 Å². The van der Waals surface area contributed by atoms with Crippen molar-refractivity contribution < 1.29 is 18.4 Å². The van der Waals surface area contributed by atoms with E-state index in [-0.39, 0.29) is 11.7 Å². The fourth-order valence-electron chi connectivity index (χ4n) is 2.64. The molecule has 29 heavy (non-hydrogen) atoms. The Balaban J connectivity index is 1.47. The van der Waals surface area contributed by atoms with Gasteiger partial charge in [0.1, 0.15) is 0 Å². The number of nitrogens with zero attached hydrogens (tertiary/aromatic N) is 3. The number of carbonyl (C=O) groups excluding carboxylic acids is 1. The first-order chi connectivity index (χ1) is 14.0. The largest absolute Gasteiger partial charge is 0.494 e. The molecular weight excluding hydrogens is 395 g/mol. The van der Waals surface area contributed by atoms with Crippen LogP contribution in [-0.2, 0) is 0 Å². The van der Waals surface area contributed by atoms with Gasteiger partial charge in [0, 0.05) is 22.1 Å². The highest BCUT2D eigenvalue weighted by atomic mass is 32.1. The molecule has 0 spiro atoms. The first-order valence-electron chi connectivity index (χ1n) is 8.55. The monoisotopic (exact) mass is 410 g/mol. The summed E-state index contributed by atoms with van der Waals surface area (Å²) in [6.07, 6.45) is 0. The number of carbonyl (C=O) groups is 1. The number of thiazole rings is 1. The maximum atomic E-state index is 13.9. The molecule has 0 saturated carbocycles. The first-order valence-corrected chi connectivity index (χ1v) is 9.43. The van der Waals surface area contributed by atoms with E-state index in [1.165, 1.54) is 30.6 Å². The number of benzene rings is 2. The number of aromatic nitrogens is 3. The van der Waals surface area contributed by atoms with Crippen LogP contribution in [0.3, 0.4) is 0 Å². The third kappa shape index (κ3) is 3.99. The van der Waals surface area contributed by atoms with Crippen LogP contribution in [0.1, 0.15) is 16.2 Å². The fraction of sp³-hybridized carbons (Fsp3) is 0.100. The van der Waals surface area contributed by atoms with Crippen molar-refractivity contribution in [1.82, 2.24) is 15.1 Å². The minimum absolute atomic E-state index is 0.164. The van der Waals surface area contributed by atoms with Crippen LogP contribution in [0.15, 0.2) is 52.4 Å². The lowest BCUT2D eigenvalue weighted by Gasteiger charge is -2.04. The molecule has 1 N–H and O–H groups in total. The van der Waals surface area contributed by atoms with E-state index < -0.39 is 5.82 Å². The molecule has 0 aliphatic carbocycles. The summed E-state index contributed by atoms with van der Waals surface area (Å²) >= 11 is 1.26. The molecule has 0 fully saturated rings. The number of methoxy groups -OCH3 is 1. The molecule has 0 unspecified atom stereocenters. The van der Waals surface area contributed by atoms with Crippen molar-refractivity contribution in [2.75, 3.05) is 12.4 Å². The molecular formula is C20H15FN4O3S. The molecule has 0 aliphatic heterocycles. The number of amides is 1. The summed E-state index contributed by atoms with van der Waals surface area (Å²) in [6, 6.07) is 11.4. The van der Waals surface area contributed by atoms with Crippen molar-refractivity contribution in [3.05, 3.63) is 65.0 Å². The average molecular weight is 410 g/mol. The molecule has 0 bridgehead atoms. The minimum Gasteiger partial charge on any atom is -0.494 e. The zero-order valence-corrected chi connectivity index (χ0v) is 16.3. The van der Waals surface area contributed by atoms with E-state index >= 15 is 0 Å². The van der Waals surface area contributed by atoms with Crippen molar-refractivity contribution in [3.8, 4) is 28.5 Å². The molecule has 146 valence electrons. The van der Waals surface area contributed by atoms with Crippen LogP contribution in [-0.4, -0.2) is 28.1 Å². The van der Waals surface area contributed by atoms with Crippen molar-refractivity contribution in [2.45, 2.75) is 6.92 Å². The fourth-order valence-corrected chi connectivity index (χ4v) is 3.35. The Labute approximate surface area is 169 Å². The molecule has 7 nitrogen and oxygen atoms in total. The summed E-state index contributed by atoms with van der Waals surface area (Å²) < 4.78 is 23.9. The summed E-state index contributed by atoms with van der Waals surface area (Å²) in [7, 11) is 1.41. The van der Waals surface area contributed by atoms with Gasteiger partial charge in [0.25, 0.3) is 11.8 Å². The van der Waals surface area contributed by atoms with E-state index in [0.717, 1.165) is 5.56 Å². The molecule has 2 aromatic carbocycles. The van der Waals surface area contributed by atoms with E-state index in [1.807, 2.05) is 0 Å². The number of anilines is 1. The van der Waals surface area contributed by atoms with Gasteiger partial charge in [-0.1, -0.05) is 5.16 Å². The average Bonchev–Trinajstić information content (AvgIpc) is 3.37. The zero-order valence-electron chi connectivity index (χ0n) is 15.5. The molecule has 9 heteroatoms.